The van der Waals surface area contributed by atoms with Gasteiger partial charge >= 0.3 is 0 Å². The highest BCUT2D eigenvalue weighted by Gasteiger charge is 2.37. The van der Waals surface area contributed by atoms with E-state index in [1.165, 1.54) is 12.1 Å². The van der Waals surface area contributed by atoms with Crippen LogP contribution in [0, 0.1) is 5.82 Å². The SMILES string of the molecule is OCC1(c2ccc(F)cc2)CCC1. The average molecular weight is 180 g/mol. The molecule has 1 fully saturated rings. The Morgan fingerprint density at radius 1 is 1.23 bits per heavy atom. The number of benzene rings is 1. The smallest absolute Gasteiger partial charge is 0.123 e. The summed E-state index contributed by atoms with van der Waals surface area (Å²) >= 11 is 0. The fraction of sp³-hybridized carbons (Fsp3) is 0.455. The maximum Gasteiger partial charge on any atom is 0.123 e. The molecule has 70 valence electrons. The third-order valence-electron chi connectivity index (χ3n) is 3.07. The van der Waals surface area contributed by atoms with Crippen molar-refractivity contribution in [2.45, 2.75) is 24.7 Å². The zero-order valence-corrected chi connectivity index (χ0v) is 7.46. The Balaban J connectivity index is 2.28. The molecule has 0 spiro atoms. The zero-order chi connectivity index (χ0) is 9.31. The lowest BCUT2D eigenvalue weighted by Gasteiger charge is -2.40. The largest absolute Gasteiger partial charge is 0.395 e. The topological polar surface area (TPSA) is 20.2 Å². The first-order valence-electron chi connectivity index (χ1n) is 4.64. The Bertz CT molecular complexity index is 282. The molecule has 0 saturated heterocycles. The van der Waals surface area contributed by atoms with Crippen molar-refractivity contribution < 1.29 is 9.50 Å². The second-order valence-corrected chi connectivity index (χ2v) is 3.80. The van der Waals surface area contributed by atoms with Gasteiger partial charge in [0.15, 0.2) is 0 Å². The van der Waals surface area contributed by atoms with E-state index in [9.17, 15) is 9.50 Å². The van der Waals surface area contributed by atoms with Crippen LogP contribution in [0.4, 0.5) is 4.39 Å². The Morgan fingerprint density at radius 3 is 2.23 bits per heavy atom. The molecule has 2 heteroatoms. The summed E-state index contributed by atoms with van der Waals surface area (Å²) in [6.45, 7) is 0.179. The first-order valence-corrected chi connectivity index (χ1v) is 4.64. The first-order chi connectivity index (χ1) is 6.27. The van der Waals surface area contributed by atoms with E-state index in [1.54, 1.807) is 12.1 Å². The summed E-state index contributed by atoms with van der Waals surface area (Å²) in [4.78, 5) is 0. The van der Waals surface area contributed by atoms with Gasteiger partial charge in [0.1, 0.15) is 5.82 Å². The molecule has 1 aliphatic rings. The van der Waals surface area contributed by atoms with Gasteiger partial charge in [0.25, 0.3) is 0 Å². The van der Waals surface area contributed by atoms with E-state index in [0.717, 1.165) is 24.8 Å². The van der Waals surface area contributed by atoms with Crippen LogP contribution >= 0.6 is 0 Å². The van der Waals surface area contributed by atoms with Crippen molar-refractivity contribution in [3.63, 3.8) is 0 Å². The molecule has 1 nitrogen and oxygen atoms in total. The summed E-state index contributed by atoms with van der Waals surface area (Å²) < 4.78 is 12.6. The fourth-order valence-electron chi connectivity index (χ4n) is 1.95. The van der Waals surface area contributed by atoms with E-state index < -0.39 is 0 Å². The Labute approximate surface area is 77.2 Å². The molecular weight excluding hydrogens is 167 g/mol. The van der Waals surface area contributed by atoms with Crippen molar-refractivity contribution >= 4 is 0 Å². The predicted octanol–water partition coefficient (Wildman–Crippen LogP) is 2.24. The molecule has 1 aromatic carbocycles. The molecular formula is C11H13FO. The second kappa shape index (κ2) is 3.11. The molecule has 0 radical (unpaired) electrons. The molecule has 1 saturated carbocycles. The van der Waals surface area contributed by atoms with E-state index >= 15 is 0 Å². The number of aliphatic hydroxyl groups is 1. The quantitative estimate of drug-likeness (QED) is 0.740. The zero-order valence-electron chi connectivity index (χ0n) is 7.46. The highest BCUT2D eigenvalue weighted by Crippen LogP contribution is 2.43. The molecule has 0 aromatic heterocycles. The van der Waals surface area contributed by atoms with Gasteiger partial charge in [-0.3, -0.25) is 0 Å². The minimum Gasteiger partial charge on any atom is -0.395 e. The Kier molecular flexibility index (Phi) is 2.08. The average Bonchev–Trinajstić information content (AvgIpc) is 2.07. The molecule has 0 bridgehead atoms. The van der Waals surface area contributed by atoms with Gasteiger partial charge in [0.2, 0.25) is 0 Å². The lowest BCUT2D eigenvalue weighted by molar-refractivity contribution is 0.120. The summed E-state index contributed by atoms with van der Waals surface area (Å²) in [5.74, 6) is -0.212. The minimum atomic E-state index is -0.212. The number of rotatable bonds is 2. The van der Waals surface area contributed by atoms with Crippen LogP contribution in [-0.4, -0.2) is 11.7 Å². The van der Waals surface area contributed by atoms with Crippen molar-refractivity contribution in [2.75, 3.05) is 6.61 Å². The van der Waals surface area contributed by atoms with Crippen molar-refractivity contribution in [3.8, 4) is 0 Å². The second-order valence-electron chi connectivity index (χ2n) is 3.80. The molecule has 0 heterocycles. The van der Waals surface area contributed by atoms with Crippen LogP contribution in [0.25, 0.3) is 0 Å². The monoisotopic (exact) mass is 180 g/mol. The molecule has 0 aliphatic heterocycles. The van der Waals surface area contributed by atoms with Gasteiger partial charge in [0.05, 0.1) is 6.61 Å². The standard InChI is InChI=1S/C11H13FO/c12-10-4-2-9(3-5-10)11(8-13)6-1-7-11/h2-5,13H,1,6-8H2. The van der Waals surface area contributed by atoms with Gasteiger partial charge in [-0.15, -0.1) is 0 Å². The number of aliphatic hydroxyl groups excluding tert-OH is 1. The van der Waals surface area contributed by atoms with Crippen molar-refractivity contribution in [3.05, 3.63) is 35.6 Å². The molecule has 0 atom stereocenters. The number of hydrogen-bond donors (Lipinski definition) is 1. The normalized spacial score (nSPS) is 19.5. The molecule has 13 heavy (non-hydrogen) atoms. The fourth-order valence-corrected chi connectivity index (χ4v) is 1.95. The molecule has 1 aromatic rings. The maximum atomic E-state index is 12.6. The van der Waals surface area contributed by atoms with Gasteiger partial charge in [-0.25, -0.2) is 4.39 Å². The number of halogens is 1. The van der Waals surface area contributed by atoms with E-state index in [1.807, 2.05) is 0 Å². The van der Waals surface area contributed by atoms with Crippen LogP contribution in [0.2, 0.25) is 0 Å². The van der Waals surface area contributed by atoms with Crippen LogP contribution in [0.1, 0.15) is 24.8 Å². The van der Waals surface area contributed by atoms with Crippen LogP contribution in [0.15, 0.2) is 24.3 Å². The third-order valence-corrected chi connectivity index (χ3v) is 3.07. The summed E-state index contributed by atoms with van der Waals surface area (Å²) in [6.07, 6.45) is 3.21. The lowest BCUT2D eigenvalue weighted by Crippen LogP contribution is -2.37. The van der Waals surface area contributed by atoms with Gasteiger partial charge in [-0.05, 0) is 30.5 Å². The van der Waals surface area contributed by atoms with Crippen LogP contribution in [-0.2, 0) is 5.41 Å². The van der Waals surface area contributed by atoms with Crippen LogP contribution in [0.5, 0.6) is 0 Å². The van der Waals surface area contributed by atoms with Crippen molar-refractivity contribution in [1.29, 1.82) is 0 Å². The van der Waals surface area contributed by atoms with Gasteiger partial charge in [-0.2, -0.15) is 0 Å². The van der Waals surface area contributed by atoms with Crippen molar-refractivity contribution in [1.82, 2.24) is 0 Å². The molecule has 2 rings (SSSR count). The van der Waals surface area contributed by atoms with E-state index in [0.29, 0.717) is 0 Å². The third kappa shape index (κ3) is 1.35. The van der Waals surface area contributed by atoms with E-state index in [2.05, 4.69) is 0 Å². The highest BCUT2D eigenvalue weighted by atomic mass is 19.1. The van der Waals surface area contributed by atoms with Gasteiger partial charge < -0.3 is 5.11 Å². The van der Waals surface area contributed by atoms with E-state index in [4.69, 9.17) is 0 Å². The summed E-state index contributed by atoms with van der Waals surface area (Å²) in [5.41, 5.74) is 1.01. The Hall–Kier alpha value is -0.890. The predicted molar refractivity (Wildman–Crippen MR) is 49.0 cm³/mol. The maximum absolute atomic E-state index is 12.6. The highest BCUT2D eigenvalue weighted by molar-refractivity contribution is 5.28. The number of hydrogen-bond acceptors (Lipinski definition) is 1. The summed E-state index contributed by atoms with van der Waals surface area (Å²) in [7, 11) is 0. The Morgan fingerprint density at radius 2 is 1.85 bits per heavy atom. The molecule has 1 aliphatic carbocycles. The lowest BCUT2D eigenvalue weighted by atomic mass is 9.65. The van der Waals surface area contributed by atoms with Crippen molar-refractivity contribution in [2.24, 2.45) is 0 Å². The van der Waals surface area contributed by atoms with Gasteiger partial charge in [-0.1, -0.05) is 18.6 Å². The van der Waals surface area contributed by atoms with Gasteiger partial charge in [0, 0.05) is 5.41 Å². The van der Waals surface area contributed by atoms with E-state index in [-0.39, 0.29) is 17.8 Å². The van der Waals surface area contributed by atoms with Crippen LogP contribution < -0.4 is 0 Å². The molecule has 1 N–H and O–H groups in total. The summed E-state index contributed by atoms with van der Waals surface area (Å²) in [5, 5.41) is 9.27. The minimum absolute atomic E-state index is 0.0618. The van der Waals surface area contributed by atoms with Crippen LogP contribution in [0.3, 0.4) is 0 Å². The molecule has 0 amide bonds. The first kappa shape index (κ1) is 8.70. The molecule has 0 unspecified atom stereocenters. The summed E-state index contributed by atoms with van der Waals surface area (Å²) in [6, 6.07) is 6.49.